The van der Waals surface area contributed by atoms with Crippen LogP contribution >= 0.6 is 0 Å². The lowest BCUT2D eigenvalue weighted by molar-refractivity contribution is -0.116. The fourth-order valence-corrected chi connectivity index (χ4v) is 3.00. The first kappa shape index (κ1) is 22.6. The molecule has 0 aliphatic heterocycles. The first-order valence-corrected chi connectivity index (χ1v) is 9.93. The van der Waals surface area contributed by atoms with E-state index in [1.54, 1.807) is 39.5 Å². The van der Waals surface area contributed by atoms with Crippen molar-refractivity contribution >= 4 is 12.0 Å². The van der Waals surface area contributed by atoms with Crippen molar-refractivity contribution in [2.45, 2.75) is 6.54 Å². The fourth-order valence-electron chi connectivity index (χ4n) is 3.00. The summed E-state index contributed by atoms with van der Waals surface area (Å²) in [6.45, 7) is 0.600. The fraction of sp³-hybridized carbons (Fsp3) is 0.208. The maximum atomic E-state index is 12.4. The molecule has 0 atom stereocenters. The number of rotatable bonds is 9. The van der Waals surface area contributed by atoms with Crippen molar-refractivity contribution in [3.63, 3.8) is 0 Å². The number of hydrogen-bond donors (Lipinski definition) is 1. The summed E-state index contributed by atoms with van der Waals surface area (Å²) in [4.78, 5) is 28.8. The van der Waals surface area contributed by atoms with Gasteiger partial charge in [-0.2, -0.15) is 0 Å². The van der Waals surface area contributed by atoms with Crippen LogP contribution < -0.4 is 25.1 Å². The van der Waals surface area contributed by atoms with Crippen LogP contribution in [0, 0.1) is 0 Å². The highest BCUT2D eigenvalue weighted by Crippen LogP contribution is 2.27. The van der Waals surface area contributed by atoms with E-state index in [0.717, 1.165) is 16.9 Å². The van der Waals surface area contributed by atoms with Crippen LogP contribution in [0.25, 0.3) is 17.3 Å². The molecule has 0 fully saturated rings. The molecule has 166 valence electrons. The van der Waals surface area contributed by atoms with E-state index in [2.05, 4.69) is 10.3 Å². The van der Waals surface area contributed by atoms with E-state index >= 15 is 0 Å². The van der Waals surface area contributed by atoms with Crippen molar-refractivity contribution in [2.75, 3.05) is 27.9 Å². The minimum Gasteiger partial charge on any atom is -0.497 e. The van der Waals surface area contributed by atoms with Crippen LogP contribution in [0.5, 0.6) is 17.2 Å². The number of carbonyl (C=O) groups excluding carboxylic acids is 1. The van der Waals surface area contributed by atoms with E-state index in [1.165, 1.54) is 23.0 Å². The molecule has 32 heavy (non-hydrogen) atoms. The van der Waals surface area contributed by atoms with Crippen LogP contribution in [0.4, 0.5) is 0 Å². The van der Waals surface area contributed by atoms with Crippen molar-refractivity contribution in [1.82, 2.24) is 14.9 Å². The zero-order valence-electron chi connectivity index (χ0n) is 18.2. The van der Waals surface area contributed by atoms with Gasteiger partial charge in [-0.05, 0) is 48.0 Å². The number of nitrogens with one attached hydrogen (secondary N) is 1. The lowest BCUT2D eigenvalue weighted by Crippen LogP contribution is -2.29. The monoisotopic (exact) mass is 435 g/mol. The number of benzene rings is 2. The molecule has 8 heteroatoms. The second-order valence-corrected chi connectivity index (χ2v) is 6.77. The number of carbonyl (C=O) groups is 1. The second-order valence-electron chi connectivity index (χ2n) is 6.77. The molecule has 2 aromatic carbocycles. The molecule has 0 unspecified atom stereocenters. The van der Waals surface area contributed by atoms with Crippen LogP contribution in [0.2, 0.25) is 0 Å². The van der Waals surface area contributed by atoms with Crippen LogP contribution in [0.1, 0.15) is 5.56 Å². The Balaban J connectivity index is 1.55. The van der Waals surface area contributed by atoms with Crippen LogP contribution in [-0.4, -0.2) is 43.3 Å². The van der Waals surface area contributed by atoms with E-state index in [9.17, 15) is 9.59 Å². The molecule has 0 saturated heterocycles. The van der Waals surface area contributed by atoms with Gasteiger partial charge >= 0.3 is 0 Å². The van der Waals surface area contributed by atoms with Gasteiger partial charge in [-0.25, -0.2) is 4.98 Å². The first-order valence-electron chi connectivity index (χ1n) is 9.93. The minimum atomic E-state index is -0.268. The van der Waals surface area contributed by atoms with E-state index < -0.39 is 0 Å². The highest BCUT2D eigenvalue weighted by atomic mass is 16.5. The number of amides is 1. The van der Waals surface area contributed by atoms with Crippen LogP contribution in [-0.2, 0) is 11.3 Å². The number of aromatic nitrogens is 2. The molecule has 3 rings (SSSR count). The first-order chi connectivity index (χ1) is 15.5. The molecule has 0 saturated carbocycles. The molecule has 1 aromatic heterocycles. The van der Waals surface area contributed by atoms with Crippen LogP contribution in [0.15, 0.2) is 65.7 Å². The number of hydrogen-bond acceptors (Lipinski definition) is 6. The summed E-state index contributed by atoms with van der Waals surface area (Å²) in [6, 6.07) is 14.2. The van der Waals surface area contributed by atoms with Gasteiger partial charge in [0.05, 0.1) is 33.4 Å². The van der Waals surface area contributed by atoms with E-state index in [0.29, 0.717) is 30.3 Å². The molecule has 3 aromatic rings. The Hall–Kier alpha value is -4.07. The highest BCUT2D eigenvalue weighted by Gasteiger charge is 2.05. The molecule has 8 nitrogen and oxygen atoms in total. The Morgan fingerprint density at radius 2 is 1.75 bits per heavy atom. The molecule has 0 aliphatic rings. The average Bonchev–Trinajstić information content (AvgIpc) is 2.83. The van der Waals surface area contributed by atoms with Gasteiger partial charge in [0.25, 0.3) is 5.56 Å². The molecule has 1 N–H and O–H groups in total. The van der Waals surface area contributed by atoms with Gasteiger partial charge in [-0.3, -0.25) is 14.2 Å². The van der Waals surface area contributed by atoms with E-state index in [1.807, 2.05) is 30.3 Å². The summed E-state index contributed by atoms with van der Waals surface area (Å²) in [5.74, 6) is 1.67. The predicted molar refractivity (Wildman–Crippen MR) is 122 cm³/mol. The number of methoxy groups -OCH3 is 3. The molecule has 1 heterocycles. The lowest BCUT2D eigenvalue weighted by Gasteiger charge is -2.08. The lowest BCUT2D eigenvalue weighted by atomic mass is 10.1. The summed E-state index contributed by atoms with van der Waals surface area (Å²) >= 11 is 0. The third kappa shape index (κ3) is 5.75. The zero-order chi connectivity index (χ0) is 22.9. The van der Waals surface area contributed by atoms with Gasteiger partial charge in [0.15, 0.2) is 11.5 Å². The molecule has 1 amide bonds. The Kier molecular flexibility index (Phi) is 7.64. The summed E-state index contributed by atoms with van der Waals surface area (Å²) in [5.41, 5.74) is 2.01. The van der Waals surface area contributed by atoms with Gasteiger partial charge in [-0.1, -0.05) is 6.07 Å². The van der Waals surface area contributed by atoms with Crippen molar-refractivity contribution in [1.29, 1.82) is 0 Å². The maximum Gasteiger partial charge on any atom is 0.253 e. The summed E-state index contributed by atoms with van der Waals surface area (Å²) in [6.07, 6.45) is 4.58. The van der Waals surface area contributed by atoms with Crippen LogP contribution in [0.3, 0.4) is 0 Å². The standard InChI is InChI=1S/C24H25N3O5/c1-30-19-8-6-18(7-9-19)20-15-24(29)27(16-26-20)13-12-25-23(28)11-5-17-4-10-21(31-2)22(14-17)32-3/h4-11,14-16H,12-13H2,1-3H3,(H,25,28)/b11-5+. The number of ether oxygens (including phenoxy) is 3. The predicted octanol–water partition coefficient (Wildman–Crippen LogP) is 2.77. The van der Waals surface area contributed by atoms with Gasteiger partial charge in [-0.15, -0.1) is 0 Å². The van der Waals surface area contributed by atoms with Crippen molar-refractivity contribution in [2.24, 2.45) is 0 Å². The van der Waals surface area contributed by atoms with Crippen molar-refractivity contribution in [3.8, 4) is 28.5 Å². The summed E-state index contributed by atoms with van der Waals surface area (Å²) < 4.78 is 17.0. The van der Waals surface area contributed by atoms with Crippen molar-refractivity contribution in [3.05, 3.63) is 76.9 Å². The molecule has 0 spiro atoms. The Morgan fingerprint density at radius 1 is 1.00 bits per heavy atom. The molecular weight excluding hydrogens is 410 g/mol. The smallest absolute Gasteiger partial charge is 0.253 e. The molecule has 0 bridgehead atoms. The van der Waals surface area contributed by atoms with Crippen molar-refractivity contribution < 1.29 is 19.0 Å². The van der Waals surface area contributed by atoms with Gasteiger partial charge in [0, 0.05) is 30.8 Å². The Labute approximate surface area is 186 Å². The molecule has 0 radical (unpaired) electrons. The highest BCUT2D eigenvalue weighted by molar-refractivity contribution is 5.91. The average molecular weight is 435 g/mol. The molecule has 0 aliphatic carbocycles. The van der Waals surface area contributed by atoms with E-state index in [-0.39, 0.29) is 11.5 Å². The van der Waals surface area contributed by atoms with E-state index in [4.69, 9.17) is 14.2 Å². The maximum absolute atomic E-state index is 12.4. The summed E-state index contributed by atoms with van der Waals surface area (Å²) in [5, 5.41) is 2.76. The van der Waals surface area contributed by atoms with Gasteiger partial charge < -0.3 is 19.5 Å². The topological polar surface area (TPSA) is 91.7 Å². The zero-order valence-corrected chi connectivity index (χ0v) is 18.2. The van der Waals surface area contributed by atoms with Gasteiger partial charge in [0.1, 0.15) is 5.75 Å². The summed E-state index contributed by atoms with van der Waals surface area (Å²) in [7, 11) is 4.71. The second kappa shape index (κ2) is 10.8. The largest absolute Gasteiger partial charge is 0.497 e. The third-order valence-corrected chi connectivity index (χ3v) is 4.75. The third-order valence-electron chi connectivity index (χ3n) is 4.75. The van der Waals surface area contributed by atoms with Gasteiger partial charge in [0.2, 0.25) is 5.91 Å². The Morgan fingerprint density at radius 3 is 2.41 bits per heavy atom. The SMILES string of the molecule is COc1ccc(-c2cc(=O)n(CCNC(=O)/C=C/c3ccc(OC)c(OC)c3)cn2)cc1. The normalized spacial score (nSPS) is 10.7. The molecular formula is C24H25N3O5. The number of nitrogens with zero attached hydrogens (tertiary/aromatic N) is 2. The quantitative estimate of drug-likeness (QED) is 0.520. The Bertz CT molecular complexity index is 1150. The minimum absolute atomic E-state index is 0.194.